The summed E-state index contributed by atoms with van der Waals surface area (Å²) in [6, 6.07) is 9.87. The van der Waals surface area contributed by atoms with Crippen molar-refractivity contribution in [3.63, 3.8) is 0 Å². The Hall–Kier alpha value is -1.81. The number of hydrogen-bond donors (Lipinski definition) is 1. The maximum absolute atomic E-state index is 12.5. The maximum atomic E-state index is 12.5. The maximum Gasteiger partial charge on any atom is 0.270 e. The molecule has 0 bridgehead atoms. The molecule has 2 heterocycles. The van der Waals surface area contributed by atoms with Crippen molar-refractivity contribution in [1.29, 1.82) is 0 Å². The van der Waals surface area contributed by atoms with Crippen molar-refractivity contribution in [2.45, 2.75) is 19.4 Å². The van der Waals surface area contributed by atoms with Gasteiger partial charge in [0.1, 0.15) is 5.69 Å². The molecule has 1 N–H and O–H groups in total. The number of carbonyl (C=O) groups excluding carboxylic acids is 1. The molecule has 1 aromatic carbocycles. The van der Waals surface area contributed by atoms with Gasteiger partial charge in [0.15, 0.2) is 0 Å². The number of carbonyl (C=O) groups is 1. The van der Waals surface area contributed by atoms with Crippen LogP contribution in [-0.4, -0.2) is 41.6 Å². The van der Waals surface area contributed by atoms with Gasteiger partial charge >= 0.3 is 0 Å². The Morgan fingerprint density at radius 3 is 3.11 bits per heavy atom. The number of aromatic amines is 1. The van der Waals surface area contributed by atoms with Crippen LogP contribution in [0.25, 0.3) is 10.9 Å². The largest absolute Gasteiger partial charge is 0.375 e. The van der Waals surface area contributed by atoms with E-state index in [2.05, 4.69) is 11.9 Å². The smallest absolute Gasteiger partial charge is 0.270 e. The molecule has 0 spiro atoms. The molecule has 1 fully saturated rings. The molecule has 4 nitrogen and oxygen atoms in total. The first-order chi connectivity index (χ1) is 9.28. The first-order valence-corrected chi connectivity index (χ1v) is 6.76. The zero-order valence-corrected chi connectivity index (χ0v) is 11.1. The fourth-order valence-electron chi connectivity index (χ4n) is 2.51. The highest BCUT2D eigenvalue weighted by molar-refractivity contribution is 5.98. The number of morpholine rings is 1. The Balaban J connectivity index is 1.82. The van der Waals surface area contributed by atoms with E-state index in [9.17, 15) is 4.79 Å². The van der Waals surface area contributed by atoms with Crippen LogP contribution in [0.2, 0.25) is 0 Å². The average molecular weight is 258 g/mol. The monoisotopic (exact) mass is 258 g/mol. The standard InChI is InChI=1S/C15H18N2O2/c1-2-12-10-17(7-8-19-12)15(18)14-9-11-5-3-4-6-13(11)16-14/h3-6,9,12,16H,2,7-8,10H2,1H3. The summed E-state index contributed by atoms with van der Waals surface area (Å²) in [5, 5.41) is 1.08. The molecular formula is C15H18N2O2. The molecule has 0 aliphatic carbocycles. The van der Waals surface area contributed by atoms with Crippen LogP contribution in [0.3, 0.4) is 0 Å². The van der Waals surface area contributed by atoms with Gasteiger partial charge in [-0.3, -0.25) is 4.79 Å². The number of nitrogens with one attached hydrogen (secondary N) is 1. The number of ether oxygens (including phenoxy) is 1. The molecule has 1 aliphatic rings. The van der Waals surface area contributed by atoms with E-state index in [0.29, 0.717) is 25.4 Å². The van der Waals surface area contributed by atoms with E-state index < -0.39 is 0 Å². The van der Waals surface area contributed by atoms with Gasteiger partial charge in [0.2, 0.25) is 0 Å². The van der Waals surface area contributed by atoms with Crippen molar-refractivity contribution >= 4 is 16.8 Å². The Morgan fingerprint density at radius 2 is 2.32 bits per heavy atom. The Labute approximate surface area is 112 Å². The molecule has 1 saturated heterocycles. The minimum Gasteiger partial charge on any atom is -0.375 e. The molecule has 19 heavy (non-hydrogen) atoms. The van der Waals surface area contributed by atoms with Crippen LogP contribution < -0.4 is 0 Å². The summed E-state index contributed by atoms with van der Waals surface area (Å²) in [6.45, 7) is 4.07. The van der Waals surface area contributed by atoms with Gasteiger partial charge in [-0.1, -0.05) is 25.1 Å². The fraction of sp³-hybridized carbons (Fsp3) is 0.400. The van der Waals surface area contributed by atoms with Gasteiger partial charge in [-0.05, 0) is 18.6 Å². The van der Waals surface area contributed by atoms with Crippen LogP contribution in [-0.2, 0) is 4.74 Å². The van der Waals surface area contributed by atoms with E-state index in [0.717, 1.165) is 17.3 Å². The zero-order valence-electron chi connectivity index (χ0n) is 11.1. The third-order valence-corrected chi connectivity index (χ3v) is 3.64. The fourth-order valence-corrected chi connectivity index (χ4v) is 2.51. The second-order valence-corrected chi connectivity index (χ2v) is 4.92. The summed E-state index contributed by atoms with van der Waals surface area (Å²) < 4.78 is 5.60. The summed E-state index contributed by atoms with van der Waals surface area (Å²) in [6.07, 6.45) is 1.11. The van der Waals surface area contributed by atoms with Crippen LogP contribution in [0, 0.1) is 0 Å². The lowest BCUT2D eigenvalue weighted by atomic mass is 10.2. The van der Waals surface area contributed by atoms with Gasteiger partial charge in [-0.2, -0.15) is 0 Å². The highest BCUT2D eigenvalue weighted by Gasteiger charge is 2.24. The number of hydrogen-bond acceptors (Lipinski definition) is 2. The van der Waals surface area contributed by atoms with E-state index in [1.807, 2.05) is 35.2 Å². The predicted octanol–water partition coefficient (Wildman–Crippen LogP) is 2.42. The molecule has 1 aromatic heterocycles. The van der Waals surface area contributed by atoms with E-state index in [1.54, 1.807) is 0 Å². The number of aromatic nitrogens is 1. The van der Waals surface area contributed by atoms with E-state index in [4.69, 9.17) is 4.74 Å². The van der Waals surface area contributed by atoms with Crippen molar-refractivity contribution < 1.29 is 9.53 Å². The van der Waals surface area contributed by atoms with Crippen LogP contribution in [0.15, 0.2) is 30.3 Å². The summed E-state index contributed by atoms with van der Waals surface area (Å²) in [7, 11) is 0. The molecule has 1 aliphatic heterocycles. The van der Waals surface area contributed by atoms with Crippen LogP contribution in [0.5, 0.6) is 0 Å². The third kappa shape index (κ3) is 2.36. The summed E-state index contributed by atoms with van der Waals surface area (Å²) in [4.78, 5) is 17.5. The number of fused-ring (bicyclic) bond motifs is 1. The molecule has 1 unspecified atom stereocenters. The molecule has 3 rings (SSSR count). The highest BCUT2D eigenvalue weighted by Crippen LogP contribution is 2.17. The van der Waals surface area contributed by atoms with Gasteiger partial charge in [-0.25, -0.2) is 0 Å². The van der Waals surface area contributed by atoms with Crippen molar-refractivity contribution in [1.82, 2.24) is 9.88 Å². The number of benzene rings is 1. The minimum absolute atomic E-state index is 0.0675. The molecule has 4 heteroatoms. The normalized spacial score (nSPS) is 19.8. The van der Waals surface area contributed by atoms with Crippen molar-refractivity contribution in [2.24, 2.45) is 0 Å². The number of nitrogens with zero attached hydrogens (tertiary/aromatic N) is 1. The number of amides is 1. The van der Waals surface area contributed by atoms with Gasteiger partial charge in [0.25, 0.3) is 5.91 Å². The summed E-state index contributed by atoms with van der Waals surface area (Å²) in [5.41, 5.74) is 1.67. The number of para-hydroxylation sites is 1. The first kappa shape index (κ1) is 12.2. The molecular weight excluding hydrogens is 240 g/mol. The summed E-state index contributed by atoms with van der Waals surface area (Å²) >= 11 is 0. The number of H-pyrrole nitrogens is 1. The van der Waals surface area contributed by atoms with E-state index in [1.165, 1.54) is 0 Å². The second-order valence-electron chi connectivity index (χ2n) is 4.92. The molecule has 100 valence electrons. The van der Waals surface area contributed by atoms with E-state index >= 15 is 0 Å². The predicted molar refractivity (Wildman–Crippen MR) is 74.2 cm³/mol. The van der Waals surface area contributed by atoms with E-state index in [-0.39, 0.29) is 12.0 Å². The first-order valence-electron chi connectivity index (χ1n) is 6.76. The topological polar surface area (TPSA) is 45.3 Å². The lowest BCUT2D eigenvalue weighted by Gasteiger charge is -2.32. The average Bonchev–Trinajstić information content (AvgIpc) is 2.90. The zero-order chi connectivity index (χ0) is 13.2. The Kier molecular flexibility index (Phi) is 3.25. The van der Waals surface area contributed by atoms with Crippen LogP contribution >= 0.6 is 0 Å². The third-order valence-electron chi connectivity index (χ3n) is 3.64. The minimum atomic E-state index is 0.0675. The van der Waals surface area contributed by atoms with Gasteiger partial charge in [0, 0.05) is 24.0 Å². The van der Waals surface area contributed by atoms with Crippen molar-refractivity contribution in [2.75, 3.05) is 19.7 Å². The van der Waals surface area contributed by atoms with Gasteiger partial charge in [0.05, 0.1) is 12.7 Å². The van der Waals surface area contributed by atoms with Crippen molar-refractivity contribution in [3.05, 3.63) is 36.0 Å². The Morgan fingerprint density at radius 1 is 1.47 bits per heavy atom. The number of rotatable bonds is 2. The summed E-state index contributed by atoms with van der Waals surface area (Å²) in [5.74, 6) is 0.0675. The Bertz CT molecular complexity index is 558. The van der Waals surface area contributed by atoms with Crippen molar-refractivity contribution in [3.8, 4) is 0 Å². The van der Waals surface area contributed by atoms with Crippen LogP contribution in [0.1, 0.15) is 23.8 Å². The molecule has 1 atom stereocenters. The molecule has 0 saturated carbocycles. The quantitative estimate of drug-likeness (QED) is 0.899. The molecule has 2 aromatic rings. The lowest BCUT2D eigenvalue weighted by Crippen LogP contribution is -2.45. The molecule has 0 radical (unpaired) electrons. The second kappa shape index (κ2) is 5.05. The molecule has 1 amide bonds. The van der Waals surface area contributed by atoms with Gasteiger partial charge in [-0.15, -0.1) is 0 Å². The highest BCUT2D eigenvalue weighted by atomic mass is 16.5. The lowest BCUT2D eigenvalue weighted by molar-refractivity contribution is -0.0227. The van der Waals surface area contributed by atoms with Crippen LogP contribution in [0.4, 0.5) is 0 Å². The van der Waals surface area contributed by atoms with Gasteiger partial charge < -0.3 is 14.6 Å². The SMILES string of the molecule is CCC1CN(C(=O)c2cc3ccccc3[nH]2)CCO1.